The van der Waals surface area contributed by atoms with E-state index in [1.807, 2.05) is 26.0 Å². The quantitative estimate of drug-likeness (QED) is 0.727. The third kappa shape index (κ3) is 1.74. The second kappa shape index (κ2) is 3.91. The van der Waals surface area contributed by atoms with Crippen LogP contribution in [0.4, 0.5) is 0 Å². The maximum atomic E-state index is 11.6. The molecule has 0 aliphatic heterocycles. The molecule has 0 unspecified atom stereocenters. The molecule has 0 saturated carbocycles. The van der Waals surface area contributed by atoms with Gasteiger partial charge in [0, 0.05) is 16.1 Å². The molecule has 80 valence electrons. The molecule has 1 aliphatic carbocycles. The zero-order valence-electron chi connectivity index (χ0n) is 8.47. The van der Waals surface area contributed by atoms with Crippen LogP contribution in [0, 0.1) is 13.8 Å². The van der Waals surface area contributed by atoms with Gasteiger partial charge in [-0.1, -0.05) is 37.9 Å². The normalized spacial score (nSPS) is 24.0. The van der Waals surface area contributed by atoms with E-state index in [9.17, 15) is 4.79 Å². The molecule has 0 fully saturated rings. The second-order valence-corrected chi connectivity index (χ2v) is 5.78. The first kappa shape index (κ1) is 11.1. The lowest BCUT2D eigenvalue weighted by molar-refractivity contribution is 0.943. The Morgan fingerprint density at radius 3 is 2.60 bits per heavy atom. The number of fused-ring (bicyclic) bond motifs is 1. The Labute approximate surface area is 105 Å². The number of pyridine rings is 1. The summed E-state index contributed by atoms with van der Waals surface area (Å²) >= 11 is 7.22. The van der Waals surface area contributed by atoms with Crippen LogP contribution in [0.3, 0.4) is 0 Å². The molecule has 0 amide bonds. The zero-order chi connectivity index (χ0) is 11.2. The summed E-state index contributed by atoms with van der Waals surface area (Å²) in [5.74, 6) is 0. The molecule has 0 saturated heterocycles. The fourth-order valence-corrected chi connectivity index (χ4v) is 2.97. The first-order chi connectivity index (χ1) is 7.02. The van der Waals surface area contributed by atoms with E-state index >= 15 is 0 Å². The van der Waals surface area contributed by atoms with Crippen molar-refractivity contribution in [2.75, 3.05) is 0 Å². The molecule has 0 bridgehead atoms. The highest BCUT2D eigenvalue weighted by molar-refractivity contribution is 9.12. The van der Waals surface area contributed by atoms with E-state index < -0.39 is 0 Å². The average Bonchev–Trinajstić information content (AvgIpc) is 2.20. The molecule has 1 N–H and O–H groups in total. The summed E-state index contributed by atoms with van der Waals surface area (Å²) < 4.78 is 0. The number of hydrogen-bond donors (Lipinski definition) is 1. The minimum absolute atomic E-state index is 0.00335. The zero-order valence-corrected chi connectivity index (χ0v) is 11.6. The van der Waals surface area contributed by atoms with Crippen molar-refractivity contribution >= 4 is 37.9 Å². The molecular formula is C11H11Br2NO. The van der Waals surface area contributed by atoms with Crippen molar-refractivity contribution < 1.29 is 0 Å². The van der Waals surface area contributed by atoms with E-state index in [0.29, 0.717) is 0 Å². The maximum absolute atomic E-state index is 11.6. The van der Waals surface area contributed by atoms with Crippen LogP contribution in [-0.4, -0.2) is 9.81 Å². The van der Waals surface area contributed by atoms with E-state index in [2.05, 4.69) is 36.8 Å². The largest absolute Gasteiger partial charge is 0.322 e. The summed E-state index contributed by atoms with van der Waals surface area (Å²) in [5.41, 5.74) is 3.97. The van der Waals surface area contributed by atoms with Gasteiger partial charge >= 0.3 is 0 Å². The summed E-state index contributed by atoms with van der Waals surface area (Å²) in [6, 6.07) is 0. The number of nitrogens with one attached hydrogen (secondary N) is 1. The monoisotopic (exact) mass is 331 g/mol. The molecular weight excluding hydrogens is 322 g/mol. The van der Waals surface area contributed by atoms with Crippen LogP contribution in [0.1, 0.15) is 27.2 Å². The van der Waals surface area contributed by atoms with Gasteiger partial charge in [-0.2, -0.15) is 0 Å². The van der Waals surface area contributed by atoms with Crippen molar-refractivity contribution in [1.82, 2.24) is 4.98 Å². The minimum Gasteiger partial charge on any atom is -0.322 e. The topological polar surface area (TPSA) is 32.9 Å². The number of rotatable bonds is 0. The Kier molecular flexibility index (Phi) is 2.90. The SMILES string of the molecule is Cc1c2c([nH]c(=O)c1C)C=C[C@@H](Br)[C@@H]2Br. The Hall–Kier alpha value is -0.350. The van der Waals surface area contributed by atoms with Crippen molar-refractivity contribution in [2.24, 2.45) is 0 Å². The lowest BCUT2D eigenvalue weighted by atomic mass is 9.95. The Bertz CT molecular complexity index is 490. The summed E-state index contributed by atoms with van der Waals surface area (Å²) in [6.45, 7) is 3.85. The number of hydrogen-bond acceptors (Lipinski definition) is 1. The third-order valence-corrected chi connectivity index (χ3v) is 5.42. The predicted octanol–water partition coefficient (Wildman–Crippen LogP) is 3.22. The average molecular weight is 333 g/mol. The molecule has 2 atom stereocenters. The second-order valence-electron chi connectivity index (χ2n) is 3.74. The molecule has 1 aromatic rings. The Balaban J connectivity index is 2.75. The Morgan fingerprint density at radius 1 is 1.27 bits per heavy atom. The van der Waals surface area contributed by atoms with E-state index in [1.54, 1.807) is 0 Å². The van der Waals surface area contributed by atoms with Gasteiger partial charge in [0.2, 0.25) is 0 Å². The highest BCUT2D eigenvalue weighted by Gasteiger charge is 2.25. The number of halogens is 2. The van der Waals surface area contributed by atoms with Crippen LogP contribution in [0.25, 0.3) is 6.08 Å². The number of aromatic amines is 1. The van der Waals surface area contributed by atoms with Gasteiger partial charge in [0.05, 0.1) is 4.83 Å². The van der Waals surface area contributed by atoms with Gasteiger partial charge in [-0.25, -0.2) is 0 Å². The van der Waals surface area contributed by atoms with E-state index in [4.69, 9.17) is 0 Å². The fraction of sp³-hybridized carbons (Fsp3) is 0.364. The smallest absolute Gasteiger partial charge is 0.251 e. The van der Waals surface area contributed by atoms with E-state index in [1.165, 1.54) is 5.56 Å². The lowest BCUT2D eigenvalue weighted by Crippen LogP contribution is -2.20. The number of H-pyrrole nitrogens is 1. The van der Waals surface area contributed by atoms with E-state index in [0.717, 1.165) is 16.8 Å². The molecule has 2 nitrogen and oxygen atoms in total. The molecule has 4 heteroatoms. The van der Waals surface area contributed by atoms with Crippen LogP contribution >= 0.6 is 31.9 Å². The highest BCUT2D eigenvalue weighted by Crippen LogP contribution is 2.39. The van der Waals surface area contributed by atoms with Crippen molar-refractivity contribution in [2.45, 2.75) is 23.5 Å². The molecule has 0 spiro atoms. The Morgan fingerprint density at radius 2 is 1.93 bits per heavy atom. The van der Waals surface area contributed by atoms with Gasteiger partial charge in [-0.15, -0.1) is 0 Å². The van der Waals surface area contributed by atoms with Gasteiger partial charge in [-0.3, -0.25) is 4.79 Å². The lowest BCUT2D eigenvalue weighted by Gasteiger charge is -2.23. The van der Waals surface area contributed by atoms with Crippen LogP contribution in [0.2, 0.25) is 0 Å². The molecule has 0 aromatic carbocycles. The highest BCUT2D eigenvalue weighted by atomic mass is 79.9. The molecule has 1 aliphatic rings. The number of alkyl halides is 2. The summed E-state index contributed by atoms with van der Waals surface area (Å²) in [4.78, 5) is 15.0. The van der Waals surface area contributed by atoms with Crippen molar-refractivity contribution in [3.8, 4) is 0 Å². The van der Waals surface area contributed by atoms with Crippen molar-refractivity contribution in [3.63, 3.8) is 0 Å². The van der Waals surface area contributed by atoms with Gasteiger partial charge in [0.1, 0.15) is 0 Å². The van der Waals surface area contributed by atoms with Gasteiger partial charge in [-0.05, 0) is 31.1 Å². The summed E-state index contributed by atoms with van der Waals surface area (Å²) in [7, 11) is 0. The van der Waals surface area contributed by atoms with Crippen LogP contribution in [0.15, 0.2) is 10.9 Å². The predicted molar refractivity (Wildman–Crippen MR) is 70.0 cm³/mol. The third-order valence-electron chi connectivity index (χ3n) is 2.85. The van der Waals surface area contributed by atoms with Gasteiger partial charge in [0.15, 0.2) is 0 Å². The van der Waals surface area contributed by atoms with Crippen LogP contribution < -0.4 is 5.56 Å². The standard InChI is InChI=1S/C11H11Br2NO/c1-5-6(2)11(15)14-8-4-3-7(12)10(13)9(5)8/h3-4,7,10H,1-2H3,(H,14,15)/t7-,10+/m1/s1. The first-order valence-electron chi connectivity index (χ1n) is 4.72. The number of allylic oxidation sites excluding steroid dienone is 1. The van der Waals surface area contributed by atoms with Crippen LogP contribution in [0.5, 0.6) is 0 Å². The number of aromatic nitrogens is 1. The van der Waals surface area contributed by atoms with Crippen LogP contribution in [-0.2, 0) is 0 Å². The maximum Gasteiger partial charge on any atom is 0.251 e. The molecule has 1 aromatic heterocycles. The molecule has 1 heterocycles. The molecule has 2 rings (SSSR count). The molecule has 0 radical (unpaired) electrons. The molecule has 15 heavy (non-hydrogen) atoms. The minimum atomic E-state index is 0.00335. The van der Waals surface area contributed by atoms with Gasteiger partial charge < -0.3 is 4.98 Å². The van der Waals surface area contributed by atoms with E-state index in [-0.39, 0.29) is 15.2 Å². The summed E-state index contributed by atoms with van der Waals surface area (Å²) in [5, 5.41) is 0. The van der Waals surface area contributed by atoms with Gasteiger partial charge in [0.25, 0.3) is 5.56 Å². The first-order valence-corrected chi connectivity index (χ1v) is 6.55. The van der Waals surface area contributed by atoms with Crippen molar-refractivity contribution in [1.29, 1.82) is 0 Å². The fourth-order valence-electron chi connectivity index (χ4n) is 1.79. The van der Waals surface area contributed by atoms with Crippen molar-refractivity contribution in [3.05, 3.63) is 38.8 Å². The summed E-state index contributed by atoms with van der Waals surface area (Å²) in [6.07, 6.45) is 3.99.